The van der Waals surface area contributed by atoms with E-state index in [4.69, 9.17) is 14.2 Å². The first-order chi connectivity index (χ1) is 11.4. The lowest BCUT2D eigenvalue weighted by atomic mass is 9.97. The van der Waals surface area contributed by atoms with Gasteiger partial charge in [-0.2, -0.15) is 0 Å². The van der Waals surface area contributed by atoms with Crippen LogP contribution < -0.4 is 4.74 Å². The van der Waals surface area contributed by atoms with Crippen molar-refractivity contribution in [3.8, 4) is 5.75 Å². The predicted molar refractivity (Wildman–Crippen MR) is 87.6 cm³/mol. The maximum Gasteiger partial charge on any atom is 0.331 e. The summed E-state index contributed by atoms with van der Waals surface area (Å²) in [5.41, 5.74) is -0.459. The van der Waals surface area contributed by atoms with E-state index in [0.29, 0.717) is 12.0 Å². The van der Waals surface area contributed by atoms with Crippen molar-refractivity contribution in [2.75, 3.05) is 13.2 Å². The van der Waals surface area contributed by atoms with Gasteiger partial charge >= 0.3 is 11.9 Å². The van der Waals surface area contributed by atoms with Crippen LogP contribution in [0.25, 0.3) is 0 Å². The van der Waals surface area contributed by atoms with Crippen LogP contribution in [-0.4, -0.2) is 37.0 Å². The average Bonchev–Trinajstić information content (AvgIpc) is 2.59. The first-order valence-electron chi connectivity index (χ1n) is 7.25. The van der Waals surface area contributed by atoms with E-state index >= 15 is 0 Å². The molecule has 0 aliphatic carbocycles. The van der Waals surface area contributed by atoms with Gasteiger partial charge in [-0.1, -0.05) is 25.3 Å². The Kier molecular flexibility index (Phi) is 7.42. The Morgan fingerprint density at radius 2 is 1.71 bits per heavy atom. The number of carbonyl (C=O) groups is 3. The second-order valence-corrected chi connectivity index (χ2v) is 5.10. The fourth-order valence-corrected chi connectivity index (χ4v) is 1.84. The van der Waals surface area contributed by atoms with E-state index in [1.54, 1.807) is 24.3 Å². The average molecular weight is 332 g/mol. The van der Waals surface area contributed by atoms with E-state index in [0.717, 1.165) is 17.7 Å². The van der Waals surface area contributed by atoms with E-state index < -0.39 is 17.5 Å². The summed E-state index contributed by atoms with van der Waals surface area (Å²) in [6, 6.07) is 6.94. The highest BCUT2D eigenvalue weighted by Crippen LogP contribution is 2.19. The van der Waals surface area contributed by atoms with Gasteiger partial charge < -0.3 is 14.2 Å². The molecule has 0 spiro atoms. The SMILES string of the molecule is C=CC(=O)OCCOc1ccc(CC(C)(C=O)OC(=O)C=C)cc1. The van der Waals surface area contributed by atoms with Crippen LogP contribution >= 0.6 is 0 Å². The highest BCUT2D eigenvalue weighted by atomic mass is 16.6. The van der Waals surface area contributed by atoms with E-state index in [-0.39, 0.29) is 19.6 Å². The van der Waals surface area contributed by atoms with E-state index in [9.17, 15) is 14.4 Å². The minimum absolute atomic E-state index is 0.118. The summed E-state index contributed by atoms with van der Waals surface area (Å²) in [5.74, 6) is -0.570. The van der Waals surface area contributed by atoms with E-state index in [1.165, 1.54) is 6.92 Å². The molecular formula is C18H20O6. The Hall–Kier alpha value is -2.89. The van der Waals surface area contributed by atoms with Crippen LogP contribution in [0.2, 0.25) is 0 Å². The third-order valence-electron chi connectivity index (χ3n) is 2.99. The lowest BCUT2D eigenvalue weighted by Crippen LogP contribution is -2.35. The molecule has 0 saturated carbocycles. The maximum absolute atomic E-state index is 11.3. The van der Waals surface area contributed by atoms with Crippen LogP contribution in [0.3, 0.4) is 0 Å². The largest absolute Gasteiger partial charge is 0.490 e. The summed E-state index contributed by atoms with van der Waals surface area (Å²) < 4.78 is 15.3. The lowest BCUT2D eigenvalue weighted by molar-refractivity contribution is -0.155. The molecule has 0 radical (unpaired) electrons. The zero-order valence-corrected chi connectivity index (χ0v) is 13.5. The van der Waals surface area contributed by atoms with Crippen LogP contribution in [0.5, 0.6) is 5.75 Å². The lowest BCUT2D eigenvalue weighted by Gasteiger charge is -2.23. The third-order valence-corrected chi connectivity index (χ3v) is 2.99. The zero-order valence-electron chi connectivity index (χ0n) is 13.5. The molecule has 0 saturated heterocycles. The van der Waals surface area contributed by atoms with Crippen molar-refractivity contribution in [2.45, 2.75) is 18.9 Å². The molecule has 0 heterocycles. The smallest absolute Gasteiger partial charge is 0.331 e. The summed E-state index contributed by atoms with van der Waals surface area (Å²) in [7, 11) is 0. The van der Waals surface area contributed by atoms with Crippen LogP contribution in [0.4, 0.5) is 0 Å². The first-order valence-corrected chi connectivity index (χ1v) is 7.25. The van der Waals surface area contributed by atoms with Crippen molar-refractivity contribution in [2.24, 2.45) is 0 Å². The molecule has 0 aromatic heterocycles. The summed E-state index contributed by atoms with van der Waals surface area (Å²) in [5, 5.41) is 0. The van der Waals surface area contributed by atoms with Crippen molar-refractivity contribution in [1.29, 1.82) is 0 Å². The molecule has 1 aromatic rings. The van der Waals surface area contributed by atoms with E-state index in [1.807, 2.05) is 0 Å². The van der Waals surface area contributed by atoms with Crippen LogP contribution in [0.1, 0.15) is 12.5 Å². The Morgan fingerprint density at radius 1 is 1.08 bits per heavy atom. The highest BCUT2D eigenvalue weighted by molar-refractivity contribution is 5.83. The van der Waals surface area contributed by atoms with Gasteiger partial charge in [0, 0.05) is 18.6 Å². The third kappa shape index (κ3) is 6.48. The van der Waals surface area contributed by atoms with Crippen molar-refractivity contribution in [3.63, 3.8) is 0 Å². The molecular weight excluding hydrogens is 312 g/mol. The highest BCUT2D eigenvalue weighted by Gasteiger charge is 2.27. The number of aldehydes is 1. The summed E-state index contributed by atoms with van der Waals surface area (Å²) in [6.45, 7) is 8.45. The summed E-state index contributed by atoms with van der Waals surface area (Å²) in [4.78, 5) is 33.4. The Labute approximate surface area is 140 Å². The molecule has 6 nitrogen and oxygen atoms in total. The molecule has 1 unspecified atom stereocenters. The number of carbonyl (C=O) groups excluding carboxylic acids is 3. The van der Waals surface area contributed by atoms with Crippen LogP contribution in [-0.2, 0) is 30.3 Å². The van der Waals surface area contributed by atoms with Crippen LogP contribution in [0.15, 0.2) is 49.6 Å². The normalized spacial score (nSPS) is 12.4. The van der Waals surface area contributed by atoms with Gasteiger partial charge in [-0.3, -0.25) is 4.79 Å². The minimum atomic E-state index is -1.26. The molecule has 1 aromatic carbocycles. The standard InChI is InChI=1S/C18H20O6/c1-4-16(20)23-11-10-22-15-8-6-14(7-9-15)12-18(3,13-19)24-17(21)5-2/h4-9,13H,1-2,10-12H2,3H3. The molecule has 0 bridgehead atoms. The first kappa shape index (κ1) is 19.2. The molecule has 0 aliphatic heterocycles. The van der Waals surface area contributed by atoms with Crippen molar-refractivity contribution in [3.05, 3.63) is 55.1 Å². The van der Waals surface area contributed by atoms with Crippen molar-refractivity contribution in [1.82, 2.24) is 0 Å². The summed E-state index contributed by atoms with van der Waals surface area (Å²) >= 11 is 0. The quantitative estimate of drug-likeness (QED) is 0.282. The number of ether oxygens (including phenoxy) is 3. The molecule has 0 amide bonds. The van der Waals surface area contributed by atoms with Gasteiger partial charge in [0.25, 0.3) is 0 Å². The molecule has 24 heavy (non-hydrogen) atoms. The van der Waals surface area contributed by atoms with Gasteiger partial charge in [0.15, 0.2) is 11.9 Å². The Morgan fingerprint density at radius 3 is 2.25 bits per heavy atom. The second-order valence-electron chi connectivity index (χ2n) is 5.10. The zero-order chi connectivity index (χ0) is 18.0. The monoisotopic (exact) mass is 332 g/mol. The number of rotatable bonds is 10. The number of esters is 2. The molecule has 1 atom stereocenters. The fourth-order valence-electron chi connectivity index (χ4n) is 1.84. The van der Waals surface area contributed by atoms with Gasteiger partial charge in [0.05, 0.1) is 0 Å². The van der Waals surface area contributed by atoms with Crippen molar-refractivity contribution < 1.29 is 28.6 Å². The molecule has 0 N–H and O–H groups in total. The number of benzene rings is 1. The van der Waals surface area contributed by atoms with Gasteiger partial charge in [-0.05, 0) is 24.6 Å². The van der Waals surface area contributed by atoms with E-state index in [2.05, 4.69) is 13.2 Å². The molecule has 128 valence electrons. The van der Waals surface area contributed by atoms with Gasteiger partial charge in [0.2, 0.25) is 0 Å². The number of hydrogen-bond donors (Lipinski definition) is 0. The molecule has 0 aliphatic rings. The fraction of sp³-hybridized carbons (Fsp3) is 0.278. The topological polar surface area (TPSA) is 78.9 Å². The van der Waals surface area contributed by atoms with Gasteiger partial charge in [-0.25, -0.2) is 9.59 Å². The van der Waals surface area contributed by atoms with Gasteiger partial charge in [0.1, 0.15) is 19.0 Å². The molecule has 6 heteroatoms. The summed E-state index contributed by atoms with van der Waals surface area (Å²) in [6.07, 6.45) is 2.91. The molecule has 0 fully saturated rings. The number of hydrogen-bond acceptors (Lipinski definition) is 6. The Balaban J connectivity index is 2.55. The second kappa shape index (κ2) is 9.29. The van der Waals surface area contributed by atoms with Gasteiger partial charge in [-0.15, -0.1) is 0 Å². The minimum Gasteiger partial charge on any atom is -0.490 e. The van der Waals surface area contributed by atoms with Crippen LogP contribution in [0, 0.1) is 0 Å². The predicted octanol–water partition coefficient (Wildman–Crippen LogP) is 2.02. The Bertz CT molecular complexity index is 604. The molecule has 1 rings (SSSR count). The maximum atomic E-state index is 11.3. The van der Waals surface area contributed by atoms with Crippen molar-refractivity contribution >= 4 is 18.2 Å².